The van der Waals surface area contributed by atoms with Gasteiger partial charge in [0.05, 0.1) is 12.1 Å². The van der Waals surface area contributed by atoms with Crippen LogP contribution in [0.1, 0.15) is 21.5 Å². The number of carbonyl (C=O) groups is 1. The maximum absolute atomic E-state index is 13.2. The number of nitrogens with one attached hydrogen (secondary N) is 1. The zero-order valence-corrected chi connectivity index (χ0v) is 16.9. The van der Waals surface area contributed by atoms with Crippen LogP contribution in [-0.2, 0) is 13.1 Å². The number of para-hydroxylation sites is 1. The van der Waals surface area contributed by atoms with Crippen molar-refractivity contribution in [2.45, 2.75) is 13.1 Å². The van der Waals surface area contributed by atoms with Crippen molar-refractivity contribution in [3.05, 3.63) is 114 Å². The quantitative estimate of drug-likeness (QED) is 0.449. The van der Waals surface area contributed by atoms with E-state index in [2.05, 4.69) is 10.3 Å². The van der Waals surface area contributed by atoms with Crippen LogP contribution in [0.4, 0.5) is 11.4 Å². The molecule has 2 heterocycles. The largest absolute Gasteiger partial charge is 0.457 e. The summed E-state index contributed by atoms with van der Waals surface area (Å²) in [5.74, 6) is 1.52. The van der Waals surface area contributed by atoms with Gasteiger partial charge in [0.15, 0.2) is 0 Å². The second kappa shape index (κ2) is 8.32. The van der Waals surface area contributed by atoms with E-state index < -0.39 is 0 Å². The van der Waals surface area contributed by atoms with Crippen LogP contribution in [0, 0.1) is 0 Å². The molecule has 5 nitrogen and oxygen atoms in total. The Labute approximate surface area is 180 Å². The van der Waals surface area contributed by atoms with E-state index in [1.807, 2.05) is 84.9 Å². The second-order valence-electron chi connectivity index (χ2n) is 7.35. The number of hydrogen-bond acceptors (Lipinski definition) is 4. The molecule has 1 aliphatic rings. The molecule has 1 amide bonds. The van der Waals surface area contributed by atoms with Gasteiger partial charge >= 0.3 is 0 Å². The summed E-state index contributed by atoms with van der Waals surface area (Å²) in [7, 11) is 0. The van der Waals surface area contributed by atoms with E-state index in [1.165, 1.54) is 0 Å². The Morgan fingerprint density at radius 3 is 2.35 bits per heavy atom. The maximum Gasteiger partial charge on any atom is 0.261 e. The molecule has 5 rings (SSSR count). The summed E-state index contributed by atoms with van der Waals surface area (Å²) < 4.78 is 5.86. The summed E-state index contributed by atoms with van der Waals surface area (Å²) in [5.41, 5.74) is 4.58. The number of aromatic nitrogens is 1. The molecule has 0 spiro atoms. The van der Waals surface area contributed by atoms with Crippen LogP contribution in [0.2, 0.25) is 0 Å². The molecule has 0 fully saturated rings. The number of pyridine rings is 1. The van der Waals surface area contributed by atoms with Crippen molar-refractivity contribution in [2.24, 2.45) is 0 Å². The Morgan fingerprint density at radius 2 is 1.58 bits per heavy atom. The molecule has 4 aromatic rings. The normalized spacial score (nSPS) is 12.5. The Morgan fingerprint density at radius 1 is 0.839 bits per heavy atom. The van der Waals surface area contributed by atoms with Gasteiger partial charge in [0.2, 0.25) is 0 Å². The molecule has 0 aliphatic carbocycles. The second-order valence-corrected chi connectivity index (χ2v) is 7.35. The Kier molecular flexibility index (Phi) is 5.07. The molecule has 0 unspecified atom stereocenters. The van der Waals surface area contributed by atoms with Gasteiger partial charge in [-0.05, 0) is 65.7 Å². The summed E-state index contributed by atoms with van der Waals surface area (Å²) in [6.07, 6.45) is 3.54. The Bertz CT molecular complexity index is 1190. The predicted octanol–water partition coefficient (Wildman–Crippen LogP) is 5.65. The number of carbonyl (C=O) groups excluding carboxylic acids is 1. The van der Waals surface area contributed by atoms with Crippen molar-refractivity contribution >= 4 is 17.3 Å². The first-order chi connectivity index (χ1) is 15.3. The molecule has 0 atom stereocenters. The monoisotopic (exact) mass is 407 g/mol. The SMILES string of the molecule is O=C1c2c(cccc2NCc2ccncc2)CN1c1ccc(Oc2ccccc2)cc1. The van der Waals surface area contributed by atoms with E-state index in [0.29, 0.717) is 13.1 Å². The van der Waals surface area contributed by atoms with E-state index in [0.717, 1.165) is 39.6 Å². The highest BCUT2D eigenvalue weighted by molar-refractivity contribution is 6.13. The number of rotatable bonds is 6. The standard InChI is InChI=1S/C26H21N3O2/c30-26-25-20(5-4-8-24(25)28-17-19-13-15-27-16-14-19)18-29(26)21-9-11-23(12-10-21)31-22-6-2-1-3-7-22/h1-16,28H,17-18H2. The first-order valence-electron chi connectivity index (χ1n) is 10.2. The zero-order chi connectivity index (χ0) is 21.0. The summed E-state index contributed by atoms with van der Waals surface area (Å²) in [5, 5.41) is 3.40. The molecule has 1 N–H and O–H groups in total. The number of fused-ring (bicyclic) bond motifs is 1. The third kappa shape index (κ3) is 3.98. The molecule has 1 aliphatic heterocycles. The Balaban J connectivity index is 1.33. The van der Waals surface area contributed by atoms with Gasteiger partial charge in [-0.1, -0.05) is 30.3 Å². The topological polar surface area (TPSA) is 54.5 Å². The van der Waals surface area contributed by atoms with Gasteiger partial charge in [0.1, 0.15) is 11.5 Å². The van der Waals surface area contributed by atoms with Gasteiger partial charge in [-0.25, -0.2) is 0 Å². The van der Waals surface area contributed by atoms with E-state index in [4.69, 9.17) is 4.74 Å². The average molecular weight is 407 g/mol. The highest BCUT2D eigenvalue weighted by atomic mass is 16.5. The fraction of sp³-hybridized carbons (Fsp3) is 0.0769. The summed E-state index contributed by atoms with van der Waals surface area (Å²) in [4.78, 5) is 19.1. The van der Waals surface area contributed by atoms with Crippen molar-refractivity contribution < 1.29 is 9.53 Å². The molecule has 5 heteroatoms. The third-order valence-electron chi connectivity index (χ3n) is 5.30. The van der Waals surface area contributed by atoms with Crippen LogP contribution in [0.15, 0.2) is 97.3 Å². The minimum atomic E-state index is 0.00422. The van der Waals surface area contributed by atoms with Crippen LogP contribution in [0.3, 0.4) is 0 Å². The van der Waals surface area contributed by atoms with Gasteiger partial charge in [-0.2, -0.15) is 0 Å². The molecule has 152 valence electrons. The average Bonchev–Trinajstić information content (AvgIpc) is 3.17. The van der Waals surface area contributed by atoms with Crippen LogP contribution < -0.4 is 15.0 Å². The lowest BCUT2D eigenvalue weighted by molar-refractivity contribution is 0.0997. The lowest BCUT2D eigenvalue weighted by atomic mass is 10.1. The van der Waals surface area contributed by atoms with E-state index in [-0.39, 0.29) is 5.91 Å². The number of benzene rings is 3. The number of hydrogen-bond donors (Lipinski definition) is 1. The van der Waals surface area contributed by atoms with E-state index in [9.17, 15) is 4.79 Å². The summed E-state index contributed by atoms with van der Waals surface area (Å²) in [6.45, 7) is 1.19. The number of anilines is 2. The molecular formula is C26H21N3O2. The van der Waals surface area contributed by atoms with Crippen LogP contribution >= 0.6 is 0 Å². The zero-order valence-electron chi connectivity index (χ0n) is 16.9. The van der Waals surface area contributed by atoms with Gasteiger partial charge in [0.25, 0.3) is 5.91 Å². The van der Waals surface area contributed by atoms with Crippen molar-refractivity contribution in [2.75, 3.05) is 10.2 Å². The first kappa shape index (κ1) is 18.9. The Hall–Kier alpha value is -4.12. The summed E-state index contributed by atoms with van der Waals surface area (Å²) >= 11 is 0. The minimum absolute atomic E-state index is 0.00422. The molecule has 31 heavy (non-hydrogen) atoms. The van der Waals surface area contributed by atoms with Crippen molar-refractivity contribution in [3.63, 3.8) is 0 Å². The molecule has 0 radical (unpaired) electrons. The fourth-order valence-electron chi connectivity index (χ4n) is 3.73. The lowest BCUT2D eigenvalue weighted by Gasteiger charge is -2.17. The van der Waals surface area contributed by atoms with E-state index >= 15 is 0 Å². The van der Waals surface area contributed by atoms with Crippen molar-refractivity contribution in [1.29, 1.82) is 0 Å². The summed E-state index contributed by atoms with van der Waals surface area (Å²) in [6, 6.07) is 27.1. The highest BCUT2D eigenvalue weighted by Crippen LogP contribution is 2.34. The smallest absolute Gasteiger partial charge is 0.261 e. The van der Waals surface area contributed by atoms with Crippen molar-refractivity contribution in [3.8, 4) is 11.5 Å². The van der Waals surface area contributed by atoms with Crippen LogP contribution in [0.5, 0.6) is 11.5 Å². The molecule has 0 bridgehead atoms. The van der Waals surface area contributed by atoms with Gasteiger partial charge in [0, 0.05) is 30.3 Å². The minimum Gasteiger partial charge on any atom is -0.457 e. The fourth-order valence-corrected chi connectivity index (χ4v) is 3.73. The van der Waals surface area contributed by atoms with Gasteiger partial charge in [-0.15, -0.1) is 0 Å². The van der Waals surface area contributed by atoms with E-state index in [1.54, 1.807) is 17.3 Å². The maximum atomic E-state index is 13.2. The van der Waals surface area contributed by atoms with Crippen molar-refractivity contribution in [1.82, 2.24) is 4.98 Å². The molecular weight excluding hydrogens is 386 g/mol. The molecule has 1 aromatic heterocycles. The highest BCUT2D eigenvalue weighted by Gasteiger charge is 2.30. The molecule has 0 saturated heterocycles. The van der Waals surface area contributed by atoms with Gasteiger partial charge < -0.3 is 15.0 Å². The number of nitrogens with zero attached hydrogens (tertiary/aromatic N) is 2. The lowest BCUT2D eigenvalue weighted by Crippen LogP contribution is -2.23. The van der Waals surface area contributed by atoms with Crippen LogP contribution in [0.25, 0.3) is 0 Å². The van der Waals surface area contributed by atoms with Gasteiger partial charge in [-0.3, -0.25) is 9.78 Å². The number of ether oxygens (including phenoxy) is 1. The molecule has 0 saturated carbocycles. The predicted molar refractivity (Wildman–Crippen MR) is 121 cm³/mol. The molecule has 3 aromatic carbocycles. The van der Waals surface area contributed by atoms with Crippen LogP contribution in [-0.4, -0.2) is 10.9 Å². The first-order valence-corrected chi connectivity index (χ1v) is 10.2. The third-order valence-corrected chi connectivity index (χ3v) is 5.30. The number of amides is 1.